The lowest BCUT2D eigenvalue weighted by Crippen LogP contribution is -2.45. The van der Waals surface area contributed by atoms with Crippen molar-refractivity contribution in [2.45, 2.75) is 37.6 Å². The lowest BCUT2D eigenvalue weighted by atomic mass is 10.0. The van der Waals surface area contributed by atoms with Crippen LogP contribution >= 0.6 is 0 Å². The molecule has 0 bridgehead atoms. The fourth-order valence-electron chi connectivity index (χ4n) is 1.81. The molecule has 1 rings (SSSR count). The van der Waals surface area contributed by atoms with Gasteiger partial charge in [0, 0.05) is 7.05 Å². The molecule has 0 fully saturated rings. The first-order valence-corrected chi connectivity index (χ1v) is 8.08. The molecule has 5 heteroatoms. The zero-order chi connectivity index (χ0) is 14.7. The van der Waals surface area contributed by atoms with Gasteiger partial charge in [-0.25, -0.2) is 8.42 Å². The molecule has 0 aliphatic heterocycles. The standard InChI is InChI=1S/C14H23NO3S/c1-5-10-19(17,18)13-9-7-6-8-12(13)15(4)14(2,3)11-16/h6-9,16H,5,10-11H2,1-4H3. The van der Waals surface area contributed by atoms with E-state index in [-0.39, 0.29) is 12.4 Å². The van der Waals surface area contributed by atoms with Crippen LogP contribution in [0.25, 0.3) is 0 Å². The van der Waals surface area contributed by atoms with Crippen molar-refractivity contribution in [3.63, 3.8) is 0 Å². The molecule has 1 N–H and O–H groups in total. The van der Waals surface area contributed by atoms with E-state index in [0.29, 0.717) is 17.0 Å². The van der Waals surface area contributed by atoms with E-state index >= 15 is 0 Å². The second-order valence-corrected chi connectivity index (χ2v) is 7.39. The third kappa shape index (κ3) is 3.48. The number of para-hydroxylation sites is 1. The zero-order valence-electron chi connectivity index (χ0n) is 12.0. The van der Waals surface area contributed by atoms with Crippen LogP contribution in [-0.2, 0) is 9.84 Å². The van der Waals surface area contributed by atoms with E-state index < -0.39 is 15.4 Å². The van der Waals surface area contributed by atoms with Crippen molar-refractivity contribution in [1.29, 1.82) is 0 Å². The monoisotopic (exact) mass is 285 g/mol. The maximum atomic E-state index is 12.3. The highest BCUT2D eigenvalue weighted by molar-refractivity contribution is 7.91. The van der Waals surface area contributed by atoms with Crippen LogP contribution in [0.5, 0.6) is 0 Å². The maximum absolute atomic E-state index is 12.3. The van der Waals surface area contributed by atoms with E-state index in [9.17, 15) is 13.5 Å². The molecule has 0 heterocycles. The van der Waals surface area contributed by atoms with Crippen LogP contribution in [-0.4, -0.2) is 38.5 Å². The molecule has 0 atom stereocenters. The third-order valence-corrected chi connectivity index (χ3v) is 5.29. The minimum Gasteiger partial charge on any atom is -0.394 e. The number of hydrogen-bond donors (Lipinski definition) is 1. The van der Waals surface area contributed by atoms with Crippen LogP contribution in [0.1, 0.15) is 27.2 Å². The van der Waals surface area contributed by atoms with Crippen molar-refractivity contribution in [2.75, 3.05) is 24.3 Å². The number of rotatable bonds is 6. The summed E-state index contributed by atoms with van der Waals surface area (Å²) < 4.78 is 24.6. The van der Waals surface area contributed by atoms with Gasteiger partial charge in [0.05, 0.1) is 28.5 Å². The van der Waals surface area contributed by atoms with E-state index in [1.54, 1.807) is 25.2 Å². The largest absolute Gasteiger partial charge is 0.394 e. The van der Waals surface area contributed by atoms with Crippen LogP contribution in [0.15, 0.2) is 29.2 Å². The van der Waals surface area contributed by atoms with Crippen molar-refractivity contribution in [3.8, 4) is 0 Å². The van der Waals surface area contributed by atoms with Gasteiger partial charge >= 0.3 is 0 Å². The number of nitrogens with zero attached hydrogens (tertiary/aromatic N) is 1. The number of benzene rings is 1. The van der Waals surface area contributed by atoms with Crippen molar-refractivity contribution >= 4 is 15.5 Å². The summed E-state index contributed by atoms with van der Waals surface area (Å²) in [6.45, 7) is 5.54. The van der Waals surface area contributed by atoms with Crippen LogP contribution in [0.3, 0.4) is 0 Å². The van der Waals surface area contributed by atoms with E-state index in [0.717, 1.165) is 0 Å². The Morgan fingerprint density at radius 2 is 1.84 bits per heavy atom. The molecule has 0 spiro atoms. The van der Waals surface area contributed by atoms with E-state index in [1.807, 2.05) is 31.7 Å². The van der Waals surface area contributed by atoms with Crippen LogP contribution in [0.4, 0.5) is 5.69 Å². The van der Waals surface area contributed by atoms with E-state index in [2.05, 4.69) is 0 Å². The fourth-order valence-corrected chi connectivity index (χ4v) is 3.37. The molecule has 1 aromatic rings. The minimum absolute atomic E-state index is 0.0499. The second kappa shape index (κ2) is 5.92. The molecule has 0 radical (unpaired) electrons. The topological polar surface area (TPSA) is 57.6 Å². The molecule has 1 aromatic carbocycles. The van der Waals surface area contributed by atoms with E-state index in [4.69, 9.17) is 0 Å². The first kappa shape index (κ1) is 16.0. The van der Waals surface area contributed by atoms with Crippen LogP contribution in [0.2, 0.25) is 0 Å². The van der Waals surface area contributed by atoms with Gasteiger partial charge in [-0.2, -0.15) is 0 Å². The van der Waals surface area contributed by atoms with Gasteiger partial charge in [-0.3, -0.25) is 0 Å². The quantitative estimate of drug-likeness (QED) is 0.869. The third-order valence-electron chi connectivity index (χ3n) is 3.33. The second-order valence-electron chi connectivity index (χ2n) is 5.32. The predicted molar refractivity (Wildman–Crippen MR) is 78.4 cm³/mol. The lowest BCUT2D eigenvalue weighted by Gasteiger charge is -2.36. The Balaban J connectivity index is 3.32. The van der Waals surface area contributed by atoms with Gasteiger partial charge in [-0.15, -0.1) is 0 Å². The zero-order valence-corrected chi connectivity index (χ0v) is 12.9. The molecule has 0 unspecified atom stereocenters. The first-order valence-electron chi connectivity index (χ1n) is 6.42. The molecule has 19 heavy (non-hydrogen) atoms. The first-order chi connectivity index (χ1) is 8.76. The van der Waals surface area contributed by atoms with Crippen molar-refractivity contribution in [2.24, 2.45) is 0 Å². The summed E-state index contributed by atoms with van der Waals surface area (Å²) in [5.41, 5.74) is 0.118. The Morgan fingerprint density at radius 3 is 2.37 bits per heavy atom. The average Bonchev–Trinajstić information content (AvgIpc) is 2.37. The van der Waals surface area contributed by atoms with Gasteiger partial charge in [0.1, 0.15) is 0 Å². The Morgan fingerprint density at radius 1 is 1.26 bits per heavy atom. The molecule has 108 valence electrons. The maximum Gasteiger partial charge on any atom is 0.180 e. The number of aliphatic hydroxyl groups is 1. The van der Waals surface area contributed by atoms with Crippen molar-refractivity contribution in [1.82, 2.24) is 0 Å². The molecule has 4 nitrogen and oxygen atoms in total. The van der Waals surface area contributed by atoms with Gasteiger partial charge < -0.3 is 10.0 Å². The van der Waals surface area contributed by atoms with Gasteiger partial charge in [-0.05, 0) is 32.4 Å². The number of hydrogen-bond acceptors (Lipinski definition) is 4. The Bertz CT molecular complexity index is 523. The summed E-state index contributed by atoms with van der Waals surface area (Å²) in [6, 6.07) is 6.94. The Kier molecular flexibility index (Phi) is 4.98. The summed E-state index contributed by atoms with van der Waals surface area (Å²) in [5.74, 6) is 0.136. The molecular formula is C14H23NO3S. The number of sulfone groups is 1. The molecule has 0 aliphatic carbocycles. The smallest absolute Gasteiger partial charge is 0.180 e. The van der Waals surface area contributed by atoms with Crippen molar-refractivity contribution in [3.05, 3.63) is 24.3 Å². The van der Waals surface area contributed by atoms with Gasteiger partial charge in [0.2, 0.25) is 0 Å². The molecule has 0 aliphatic rings. The lowest BCUT2D eigenvalue weighted by molar-refractivity contribution is 0.216. The summed E-state index contributed by atoms with van der Waals surface area (Å²) in [5, 5.41) is 9.43. The normalized spacial score (nSPS) is 12.5. The number of aliphatic hydroxyl groups excluding tert-OH is 1. The van der Waals surface area contributed by atoms with Gasteiger partial charge in [-0.1, -0.05) is 19.1 Å². The summed E-state index contributed by atoms with van der Waals surface area (Å²) in [6.07, 6.45) is 0.587. The minimum atomic E-state index is -3.28. The SMILES string of the molecule is CCCS(=O)(=O)c1ccccc1N(C)C(C)(C)CO. The molecular weight excluding hydrogens is 262 g/mol. The van der Waals surface area contributed by atoms with Gasteiger partial charge in [0.25, 0.3) is 0 Å². The Hall–Kier alpha value is -1.07. The number of anilines is 1. The van der Waals surface area contributed by atoms with Crippen molar-refractivity contribution < 1.29 is 13.5 Å². The van der Waals surface area contributed by atoms with Crippen LogP contribution in [0, 0.1) is 0 Å². The summed E-state index contributed by atoms with van der Waals surface area (Å²) >= 11 is 0. The molecule has 0 aromatic heterocycles. The fraction of sp³-hybridized carbons (Fsp3) is 0.571. The number of likely N-dealkylation sites (N-methyl/N-ethyl adjacent to an activating group) is 1. The van der Waals surface area contributed by atoms with Gasteiger partial charge in [0.15, 0.2) is 9.84 Å². The summed E-state index contributed by atoms with van der Waals surface area (Å²) in [7, 11) is -1.48. The van der Waals surface area contributed by atoms with E-state index in [1.165, 1.54) is 0 Å². The highest BCUT2D eigenvalue weighted by Gasteiger charge is 2.27. The average molecular weight is 285 g/mol. The predicted octanol–water partition coefficient (Wildman–Crippen LogP) is 2.08. The molecule has 0 amide bonds. The molecule has 0 saturated heterocycles. The summed E-state index contributed by atoms with van der Waals surface area (Å²) in [4.78, 5) is 2.15. The molecule has 0 saturated carbocycles. The highest BCUT2D eigenvalue weighted by atomic mass is 32.2. The van der Waals surface area contributed by atoms with Crippen LogP contribution < -0.4 is 4.90 Å². The highest BCUT2D eigenvalue weighted by Crippen LogP contribution is 2.29. The Labute approximate surface area is 116 Å².